The van der Waals surface area contributed by atoms with Crippen LogP contribution in [0.2, 0.25) is 0 Å². The van der Waals surface area contributed by atoms with Gasteiger partial charge >= 0.3 is 58.4 Å². The number of halogens is 4. The molecule has 0 aliphatic carbocycles. The summed E-state index contributed by atoms with van der Waals surface area (Å²) in [6, 6.07) is 9.67. The van der Waals surface area contributed by atoms with Gasteiger partial charge in [-0.2, -0.15) is 0 Å². The Morgan fingerprint density at radius 3 is 2.19 bits per heavy atom. The molecule has 2 rings (SSSR count). The van der Waals surface area contributed by atoms with Crippen molar-refractivity contribution in [3.63, 3.8) is 0 Å². The molecule has 7 heteroatoms. The summed E-state index contributed by atoms with van der Waals surface area (Å²) >= 11 is 0. The predicted octanol–water partition coefficient (Wildman–Crippen LogP) is 0.772. The molecule has 0 heterocycles. The predicted molar refractivity (Wildman–Crippen MR) is 70.6 cm³/mol. The Morgan fingerprint density at radius 2 is 1.62 bits per heavy atom. The van der Waals surface area contributed by atoms with Crippen molar-refractivity contribution in [3.8, 4) is 5.75 Å². The van der Waals surface area contributed by atoms with Gasteiger partial charge in [0.1, 0.15) is 12.4 Å². The molecule has 0 aliphatic heterocycles. The van der Waals surface area contributed by atoms with Crippen LogP contribution in [0, 0.1) is 12.7 Å². The Kier molecular flexibility index (Phi) is 6.93. The normalized spacial score (nSPS) is 10.9. The van der Waals surface area contributed by atoms with Crippen molar-refractivity contribution in [3.05, 3.63) is 59.4 Å². The Balaban J connectivity index is 0.00000220. The second-order valence-electron chi connectivity index (χ2n) is 4.53. The van der Waals surface area contributed by atoms with Gasteiger partial charge < -0.3 is 17.7 Å². The van der Waals surface area contributed by atoms with Crippen LogP contribution in [0.1, 0.15) is 11.1 Å². The zero-order chi connectivity index (χ0) is 14.8. The molecular weight excluding hydrogens is 310 g/mol. The largest absolute Gasteiger partial charge is 1.00 e. The van der Waals surface area contributed by atoms with Crippen LogP contribution in [-0.4, -0.2) is 6.98 Å². The smallest absolute Gasteiger partial charge is 0.492 e. The first-order valence-electron chi connectivity index (χ1n) is 6.04. The fourth-order valence-corrected chi connectivity index (χ4v) is 1.75. The summed E-state index contributed by atoms with van der Waals surface area (Å²) in [4.78, 5) is 0. The van der Waals surface area contributed by atoms with Gasteiger partial charge in [0, 0.05) is 0 Å². The molecular formula is C14H12BF4KO. The first-order chi connectivity index (χ1) is 9.36. The quantitative estimate of drug-likeness (QED) is 0.597. The standard InChI is InChI=1S/C14H12BF4O.K/c1-10-2-4-11(5-3-10)9-20-14-7-6-12(16)8-13(14)15(17,18)19;/h2-8H,9H2,1H3;/q-1;+1. The second-order valence-corrected chi connectivity index (χ2v) is 4.53. The summed E-state index contributed by atoms with van der Waals surface area (Å²) in [5.74, 6) is -1.28. The molecule has 0 saturated carbocycles. The van der Waals surface area contributed by atoms with Gasteiger partial charge in [0.25, 0.3) is 0 Å². The maximum absolute atomic E-state index is 12.9. The van der Waals surface area contributed by atoms with Gasteiger partial charge in [0.2, 0.25) is 0 Å². The van der Waals surface area contributed by atoms with Crippen molar-refractivity contribution in [2.24, 2.45) is 0 Å². The van der Waals surface area contributed by atoms with Crippen molar-refractivity contribution < 1.29 is 73.5 Å². The first-order valence-corrected chi connectivity index (χ1v) is 6.04. The minimum atomic E-state index is -5.31. The van der Waals surface area contributed by atoms with Gasteiger partial charge in [-0.1, -0.05) is 35.3 Å². The minimum Gasteiger partial charge on any atom is -0.492 e. The average molecular weight is 322 g/mol. The van der Waals surface area contributed by atoms with E-state index < -0.39 is 18.3 Å². The third-order valence-corrected chi connectivity index (χ3v) is 2.84. The molecule has 0 saturated heterocycles. The van der Waals surface area contributed by atoms with Crippen LogP contribution in [0.15, 0.2) is 42.5 Å². The summed E-state index contributed by atoms with van der Waals surface area (Å²) in [5.41, 5.74) is 0.757. The molecule has 0 atom stereocenters. The molecule has 0 amide bonds. The third kappa shape index (κ3) is 5.41. The Labute approximate surface area is 163 Å². The Hall–Kier alpha value is -0.339. The zero-order valence-electron chi connectivity index (χ0n) is 11.7. The van der Waals surface area contributed by atoms with Crippen LogP contribution in [0.5, 0.6) is 5.75 Å². The van der Waals surface area contributed by atoms with Gasteiger partial charge in [0.05, 0.1) is 5.75 Å². The maximum atomic E-state index is 12.9. The number of aryl methyl sites for hydroxylation is 1. The second kappa shape index (κ2) is 7.78. The Morgan fingerprint density at radius 1 is 1.00 bits per heavy atom. The SMILES string of the molecule is Cc1ccc(COc2ccc(F)cc2[B-](F)(F)F)cc1.[K+]. The monoisotopic (exact) mass is 322 g/mol. The molecule has 106 valence electrons. The van der Waals surface area contributed by atoms with Crippen LogP contribution in [0.4, 0.5) is 17.3 Å². The van der Waals surface area contributed by atoms with Gasteiger partial charge in [-0.05, 0) is 30.7 Å². The van der Waals surface area contributed by atoms with E-state index in [1.54, 1.807) is 12.1 Å². The molecule has 0 aromatic heterocycles. The van der Waals surface area contributed by atoms with E-state index in [1.165, 1.54) is 0 Å². The fraction of sp³-hybridized carbons (Fsp3) is 0.143. The van der Waals surface area contributed by atoms with Gasteiger partial charge in [-0.15, -0.1) is 0 Å². The number of benzene rings is 2. The van der Waals surface area contributed by atoms with E-state index in [9.17, 15) is 17.3 Å². The van der Waals surface area contributed by atoms with E-state index in [-0.39, 0.29) is 63.7 Å². The molecule has 0 fully saturated rings. The van der Waals surface area contributed by atoms with E-state index in [4.69, 9.17) is 4.74 Å². The molecule has 2 aromatic rings. The first kappa shape index (κ1) is 18.7. The molecule has 0 bridgehead atoms. The van der Waals surface area contributed by atoms with Crippen LogP contribution in [0.25, 0.3) is 0 Å². The van der Waals surface area contributed by atoms with Gasteiger partial charge in [0.15, 0.2) is 0 Å². The van der Waals surface area contributed by atoms with Crippen LogP contribution >= 0.6 is 0 Å². The minimum absolute atomic E-state index is 0. The van der Waals surface area contributed by atoms with Gasteiger partial charge in [-0.25, -0.2) is 4.39 Å². The van der Waals surface area contributed by atoms with E-state index in [2.05, 4.69) is 0 Å². The summed E-state index contributed by atoms with van der Waals surface area (Å²) in [6.07, 6.45) is 0. The number of hydrogen-bond acceptors (Lipinski definition) is 1. The molecule has 21 heavy (non-hydrogen) atoms. The van der Waals surface area contributed by atoms with Crippen LogP contribution in [0.3, 0.4) is 0 Å². The van der Waals surface area contributed by atoms with Crippen molar-refractivity contribution in [1.82, 2.24) is 0 Å². The molecule has 0 radical (unpaired) electrons. The topological polar surface area (TPSA) is 9.23 Å². The summed E-state index contributed by atoms with van der Waals surface area (Å²) in [7, 11) is 0. The zero-order valence-corrected chi connectivity index (χ0v) is 14.9. The number of hydrogen-bond donors (Lipinski definition) is 0. The molecule has 1 nitrogen and oxygen atoms in total. The van der Waals surface area contributed by atoms with Crippen molar-refractivity contribution in [1.29, 1.82) is 0 Å². The van der Waals surface area contributed by atoms with E-state index in [0.717, 1.165) is 23.3 Å². The number of ether oxygens (including phenoxy) is 1. The molecule has 0 aliphatic rings. The number of rotatable bonds is 4. The van der Waals surface area contributed by atoms with Gasteiger partial charge in [-0.3, -0.25) is 0 Å². The summed E-state index contributed by atoms with van der Waals surface area (Å²) in [5, 5.41) is 0. The van der Waals surface area contributed by atoms with Crippen molar-refractivity contribution in [2.75, 3.05) is 0 Å². The summed E-state index contributed by atoms with van der Waals surface area (Å²) < 4.78 is 56.6. The molecule has 0 unspecified atom stereocenters. The average Bonchev–Trinajstić information content (AvgIpc) is 2.38. The van der Waals surface area contributed by atoms with E-state index >= 15 is 0 Å². The molecule has 0 spiro atoms. The van der Waals surface area contributed by atoms with E-state index in [1.807, 2.05) is 19.1 Å². The van der Waals surface area contributed by atoms with Crippen LogP contribution in [-0.2, 0) is 6.61 Å². The maximum Gasteiger partial charge on any atom is 1.00 e. The third-order valence-electron chi connectivity index (χ3n) is 2.84. The summed E-state index contributed by atoms with van der Waals surface area (Å²) in [6.45, 7) is -3.39. The molecule has 2 aromatic carbocycles. The van der Waals surface area contributed by atoms with Crippen molar-refractivity contribution >= 4 is 12.4 Å². The van der Waals surface area contributed by atoms with Crippen molar-refractivity contribution in [2.45, 2.75) is 13.5 Å². The van der Waals surface area contributed by atoms with Crippen LogP contribution < -0.4 is 61.6 Å². The molecule has 0 N–H and O–H groups in total. The van der Waals surface area contributed by atoms with E-state index in [0.29, 0.717) is 6.07 Å². The fourth-order valence-electron chi connectivity index (χ4n) is 1.75. The Bertz CT molecular complexity index is 599.